The summed E-state index contributed by atoms with van der Waals surface area (Å²) in [4.78, 5) is 20.4. The van der Waals surface area contributed by atoms with Crippen molar-refractivity contribution in [3.8, 4) is 22.8 Å². The summed E-state index contributed by atoms with van der Waals surface area (Å²) < 4.78 is 45.3. The number of carbonyl (C=O) groups is 1. The van der Waals surface area contributed by atoms with Gasteiger partial charge in [0.1, 0.15) is 29.0 Å². The number of carbonyl (C=O) groups excluding carboxylic acids is 1. The highest BCUT2D eigenvalue weighted by molar-refractivity contribution is 7.99. The van der Waals surface area contributed by atoms with Crippen LogP contribution in [0, 0.1) is 11.6 Å². The van der Waals surface area contributed by atoms with Crippen LogP contribution in [0.15, 0.2) is 42.6 Å². The summed E-state index contributed by atoms with van der Waals surface area (Å²) in [5.41, 5.74) is 1.52. The van der Waals surface area contributed by atoms with Crippen LogP contribution in [0.4, 0.5) is 20.4 Å². The van der Waals surface area contributed by atoms with Gasteiger partial charge in [0.2, 0.25) is 5.88 Å². The van der Waals surface area contributed by atoms with Crippen molar-refractivity contribution < 1.29 is 27.8 Å². The standard InChI is InChI=1S/C25H25F2N3O4S/c1-15(2)34-25(31)14-35-13-16-8-23-29-22-11-19(20(27)12-28-22)18-5-4-17(26)10-21(18)32-6-3-7-33-24(9-16)30-23/h4-5,8-12,15H,3,6-7,13-14H2,1-2H3,(H,28,29,30). The third-order valence-corrected chi connectivity index (χ3v) is 5.84. The van der Waals surface area contributed by atoms with Gasteiger partial charge in [-0.1, -0.05) is 0 Å². The fourth-order valence-corrected chi connectivity index (χ4v) is 4.17. The minimum absolute atomic E-state index is 0.158. The highest BCUT2D eigenvalue weighted by Crippen LogP contribution is 2.34. The first-order valence-corrected chi connectivity index (χ1v) is 12.3. The largest absolute Gasteiger partial charge is 0.493 e. The van der Waals surface area contributed by atoms with Crippen molar-refractivity contribution in [2.45, 2.75) is 32.1 Å². The van der Waals surface area contributed by atoms with Crippen molar-refractivity contribution in [2.75, 3.05) is 24.3 Å². The van der Waals surface area contributed by atoms with Crippen molar-refractivity contribution in [1.82, 2.24) is 9.97 Å². The number of hydrogen-bond donors (Lipinski definition) is 1. The van der Waals surface area contributed by atoms with Crippen LogP contribution >= 0.6 is 11.8 Å². The Bertz CT molecular complexity index is 1210. The van der Waals surface area contributed by atoms with Crippen molar-refractivity contribution >= 4 is 29.4 Å². The number of nitrogens with one attached hydrogen (secondary N) is 1. The molecule has 1 aliphatic heterocycles. The van der Waals surface area contributed by atoms with Gasteiger partial charge in [0.25, 0.3) is 0 Å². The Balaban J connectivity index is 1.61. The molecule has 3 aromatic rings. The minimum atomic E-state index is -0.561. The fourth-order valence-electron chi connectivity index (χ4n) is 3.43. The molecule has 0 fully saturated rings. The number of halogens is 2. The number of thioether (sulfide) groups is 1. The molecule has 4 rings (SSSR count). The van der Waals surface area contributed by atoms with E-state index in [4.69, 9.17) is 14.2 Å². The zero-order valence-electron chi connectivity index (χ0n) is 19.3. The lowest BCUT2D eigenvalue weighted by Gasteiger charge is -2.16. The van der Waals surface area contributed by atoms with E-state index in [2.05, 4.69) is 15.3 Å². The molecule has 4 bridgehead atoms. The number of hydrogen-bond acceptors (Lipinski definition) is 8. The van der Waals surface area contributed by atoms with Gasteiger partial charge in [-0.05, 0) is 43.7 Å². The molecule has 0 radical (unpaired) electrons. The summed E-state index contributed by atoms with van der Waals surface area (Å²) in [5.74, 6) is 0.881. The number of anilines is 2. The minimum Gasteiger partial charge on any atom is -0.493 e. The van der Waals surface area contributed by atoms with Crippen molar-refractivity contribution in [3.63, 3.8) is 0 Å². The molecule has 10 heteroatoms. The number of benzene rings is 1. The second-order valence-corrected chi connectivity index (χ2v) is 9.08. The Labute approximate surface area is 206 Å². The Morgan fingerprint density at radius 1 is 1.11 bits per heavy atom. The predicted octanol–water partition coefficient (Wildman–Crippen LogP) is 5.51. The Kier molecular flexibility index (Phi) is 8.02. The van der Waals surface area contributed by atoms with E-state index in [-0.39, 0.29) is 35.7 Å². The summed E-state index contributed by atoms with van der Waals surface area (Å²) in [5, 5.41) is 3.09. The predicted molar refractivity (Wildman–Crippen MR) is 130 cm³/mol. The normalized spacial score (nSPS) is 13.1. The molecule has 184 valence electrons. The third-order valence-electron chi connectivity index (χ3n) is 4.86. The maximum Gasteiger partial charge on any atom is 0.316 e. The lowest BCUT2D eigenvalue weighted by molar-refractivity contribution is -0.144. The molecular weight excluding hydrogens is 476 g/mol. The molecule has 1 aliphatic rings. The second-order valence-electron chi connectivity index (χ2n) is 8.10. The molecule has 0 aliphatic carbocycles. The first kappa shape index (κ1) is 24.7. The van der Waals surface area contributed by atoms with Crippen molar-refractivity contribution in [3.05, 3.63) is 59.8 Å². The molecule has 1 N–H and O–H groups in total. The number of aromatic nitrogens is 2. The van der Waals surface area contributed by atoms with E-state index in [1.54, 1.807) is 6.07 Å². The van der Waals surface area contributed by atoms with E-state index in [0.717, 1.165) is 11.8 Å². The molecular formula is C25H25F2N3O4S. The smallest absolute Gasteiger partial charge is 0.316 e. The highest BCUT2D eigenvalue weighted by Gasteiger charge is 2.16. The van der Waals surface area contributed by atoms with Crippen LogP contribution < -0.4 is 14.8 Å². The van der Waals surface area contributed by atoms with E-state index in [1.807, 2.05) is 19.9 Å². The molecule has 35 heavy (non-hydrogen) atoms. The first-order valence-electron chi connectivity index (χ1n) is 11.1. The summed E-state index contributed by atoms with van der Waals surface area (Å²) in [6, 6.07) is 9.11. The van der Waals surface area contributed by atoms with Gasteiger partial charge >= 0.3 is 5.97 Å². The summed E-state index contributed by atoms with van der Waals surface area (Å²) in [6.07, 6.45) is 1.44. The van der Waals surface area contributed by atoms with Gasteiger partial charge in [-0.25, -0.2) is 13.8 Å². The van der Waals surface area contributed by atoms with Crippen LogP contribution in [0.3, 0.4) is 0 Å². The highest BCUT2D eigenvalue weighted by atomic mass is 32.2. The number of ether oxygens (including phenoxy) is 3. The monoisotopic (exact) mass is 501 g/mol. The lowest BCUT2D eigenvalue weighted by atomic mass is 10.0. The maximum absolute atomic E-state index is 14.7. The number of esters is 1. The van der Waals surface area contributed by atoms with Gasteiger partial charge in [-0.3, -0.25) is 4.79 Å². The van der Waals surface area contributed by atoms with Gasteiger partial charge in [0, 0.05) is 35.4 Å². The quantitative estimate of drug-likeness (QED) is 0.458. The van der Waals surface area contributed by atoms with E-state index < -0.39 is 11.6 Å². The van der Waals surface area contributed by atoms with E-state index in [0.29, 0.717) is 41.9 Å². The molecule has 7 nitrogen and oxygen atoms in total. The molecule has 0 amide bonds. The number of pyridine rings is 2. The molecule has 0 unspecified atom stereocenters. The Hall–Kier alpha value is -3.40. The molecule has 2 aromatic heterocycles. The van der Waals surface area contributed by atoms with E-state index in [9.17, 15) is 13.6 Å². The summed E-state index contributed by atoms with van der Waals surface area (Å²) in [6.45, 7) is 4.17. The lowest BCUT2D eigenvalue weighted by Crippen LogP contribution is -2.13. The van der Waals surface area contributed by atoms with Crippen LogP contribution in [-0.4, -0.2) is 41.0 Å². The average Bonchev–Trinajstić information content (AvgIpc) is 2.79. The van der Waals surface area contributed by atoms with Crippen LogP contribution in [0.2, 0.25) is 0 Å². The molecule has 1 aromatic carbocycles. The van der Waals surface area contributed by atoms with Crippen LogP contribution in [0.25, 0.3) is 11.1 Å². The van der Waals surface area contributed by atoms with Gasteiger partial charge in [0.05, 0.1) is 31.3 Å². The average molecular weight is 502 g/mol. The number of rotatable bonds is 5. The number of fused-ring (bicyclic) bond motifs is 6. The topological polar surface area (TPSA) is 82.6 Å². The van der Waals surface area contributed by atoms with Gasteiger partial charge in [0.15, 0.2) is 0 Å². The Morgan fingerprint density at radius 3 is 2.77 bits per heavy atom. The van der Waals surface area contributed by atoms with Crippen LogP contribution in [0.1, 0.15) is 25.8 Å². The van der Waals surface area contributed by atoms with Gasteiger partial charge < -0.3 is 19.5 Å². The molecule has 0 saturated carbocycles. The molecule has 0 atom stereocenters. The molecule has 3 heterocycles. The fraction of sp³-hybridized carbons (Fsp3) is 0.320. The maximum atomic E-state index is 14.7. The second kappa shape index (κ2) is 11.4. The van der Waals surface area contributed by atoms with E-state index in [1.165, 1.54) is 36.0 Å². The number of nitrogens with zero attached hydrogens (tertiary/aromatic N) is 2. The van der Waals surface area contributed by atoms with Gasteiger partial charge in [-0.15, -0.1) is 11.8 Å². The van der Waals surface area contributed by atoms with Crippen molar-refractivity contribution in [2.24, 2.45) is 0 Å². The zero-order valence-corrected chi connectivity index (χ0v) is 20.2. The Morgan fingerprint density at radius 2 is 1.94 bits per heavy atom. The SMILES string of the molecule is CC(C)OC(=O)CSCc1cc2nc(c1)OCCCOc1cc(F)ccc1-c1cc(ncc1F)N2. The zero-order chi connectivity index (χ0) is 24.8. The summed E-state index contributed by atoms with van der Waals surface area (Å²) in [7, 11) is 0. The van der Waals surface area contributed by atoms with Crippen LogP contribution in [0.5, 0.6) is 11.6 Å². The molecule has 0 spiro atoms. The van der Waals surface area contributed by atoms with Crippen molar-refractivity contribution in [1.29, 1.82) is 0 Å². The first-order chi connectivity index (χ1) is 16.9. The summed E-state index contributed by atoms with van der Waals surface area (Å²) >= 11 is 1.42. The van der Waals surface area contributed by atoms with Gasteiger partial charge in [-0.2, -0.15) is 4.98 Å². The third kappa shape index (κ3) is 6.82. The van der Waals surface area contributed by atoms with E-state index >= 15 is 0 Å². The van der Waals surface area contributed by atoms with Crippen LogP contribution in [-0.2, 0) is 15.3 Å². The molecule has 0 saturated heterocycles.